The number of rotatable bonds is 9. The molecule has 0 spiro atoms. The zero-order valence-corrected chi connectivity index (χ0v) is 16.4. The number of carboxylic acid groups (broad SMARTS) is 1. The first-order valence-electron chi connectivity index (χ1n) is 9.86. The van der Waals surface area contributed by atoms with Gasteiger partial charge in [-0.2, -0.15) is 0 Å². The molecule has 1 aromatic rings. The number of hydrogen-bond acceptors (Lipinski definition) is 4. The van der Waals surface area contributed by atoms with Crippen LogP contribution in [0.2, 0.25) is 0 Å². The Kier molecular flexibility index (Phi) is 5.91. The van der Waals surface area contributed by atoms with Gasteiger partial charge in [0, 0.05) is 19.5 Å². The first kappa shape index (κ1) is 20.2. The highest BCUT2D eigenvalue weighted by atomic mass is 16.5. The molecule has 7 heteroatoms. The summed E-state index contributed by atoms with van der Waals surface area (Å²) < 4.78 is 5.21. The molecular weight excluding hydrogens is 360 g/mol. The van der Waals surface area contributed by atoms with Crippen LogP contribution >= 0.6 is 0 Å². The van der Waals surface area contributed by atoms with Gasteiger partial charge in [0.2, 0.25) is 11.8 Å². The number of ether oxygens (including phenoxy) is 1. The maximum atomic E-state index is 12.9. The third-order valence-corrected chi connectivity index (χ3v) is 5.89. The molecule has 152 valence electrons. The van der Waals surface area contributed by atoms with Crippen LogP contribution in [0.1, 0.15) is 50.6 Å². The van der Waals surface area contributed by atoms with E-state index in [1.54, 1.807) is 12.0 Å². The van der Waals surface area contributed by atoms with E-state index < -0.39 is 17.3 Å². The quantitative estimate of drug-likeness (QED) is 0.677. The largest absolute Gasteiger partial charge is 0.497 e. The molecule has 2 amide bonds. The standard InChI is InChI=1S/C21H28N2O5/c1-3-4-11-23-17(24)12-16(18(23)14-5-7-15(28-2)8-6-14)19(25)22-13-21(9-10-21)20(26)27/h5-8,16,18H,3-4,9-13H2,1-2H3,(H,22,25)(H,26,27). The van der Waals surface area contributed by atoms with E-state index in [-0.39, 0.29) is 30.8 Å². The third-order valence-electron chi connectivity index (χ3n) is 5.89. The molecule has 2 fully saturated rings. The van der Waals surface area contributed by atoms with Crippen molar-refractivity contribution in [2.45, 2.75) is 45.1 Å². The van der Waals surface area contributed by atoms with Crippen molar-refractivity contribution in [1.29, 1.82) is 0 Å². The summed E-state index contributed by atoms with van der Waals surface area (Å²) in [6, 6.07) is 7.09. The van der Waals surface area contributed by atoms with Gasteiger partial charge in [0.15, 0.2) is 0 Å². The van der Waals surface area contributed by atoms with Crippen LogP contribution < -0.4 is 10.1 Å². The van der Waals surface area contributed by atoms with Crippen LogP contribution in [0.3, 0.4) is 0 Å². The molecular formula is C21H28N2O5. The van der Waals surface area contributed by atoms with Gasteiger partial charge in [-0.3, -0.25) is 14.4 Å². The van der Waals surface area contributed by atoms with Crippen molar-refractivity contribution in [2.75, 3.05) is 20.2 Å². The predicted octanol–water partition coefficient (Wildman–Crippen LogP) is 2.37. The molecule has 2 aliphatic rings. The summed E-state index contributed by atoms with van der Waals surface area (Å²) in [5, 5.41) is 12.1. The second-order valence-electron chi connectivity index (χ2n) is 7.77. The molecule has 0 radical (unpaired) electrons. The van der Waals surface area contributed by atoms with Crippen LogP contribution in [-0.2, 0) is 14.4 Å². The Bertz CT molecular complexity index is 742. The van der Waals surface area contributed by atoms with Crippen molar-refractivity contribution >= 4 is 17.8 Å². The van der Waals surface area contributed by atoms with E-state index in [2.05, 4.69) is 12.2 Å². The summed E-state index contributed by atoms with van der Waals surface area (Å²) in [7, 11) is 1.59. The van der Waals surface area contributed by atoms with Crippen molar-refractivity contribution in [3.63, 3.8) is 0 Å². The predicted molar refractivity (Wildman–Crippen MR) is 103 cm³/mol. The Hall–Kier alpha value is -2.57. The third kappa shape index (κ3) is 3.98. The second kappa shape index (κ2) is 8.20. The second-order valence-corrected chi connectivity index (χ2v) is 7.77. The summed E-state index contributed by atoms with van der Waals surface area (Å²) in [6.45, 7) is 2.79. The molecule has 1 aromatic carbocycles. The van der Waals surface area contributed by atoms with Crippen LogP contribution in [0.15, 0.2) is 24.3 Å². The molecule has 2 unspecified atom stereocenters. The highest BCUT2D eigenvalue weighted by molar-refractivity contribution is 5.91. The zero-order valence-electron chi connectivity index (χ0n) is 16.4. The number of unbranched alkanes of at least 4 members (excludes halogenated alkanes) is 1. The molecule has 28 heavy (non-hydrogen) atoms. The highest BCUT2D eigenvalue weighted by Gasteiger charge is 2.51. The lowest BCUT2D eigenvalue weighted by molar-refractivity contribution is -0.143. The summed E-state index contributed by atoms with van der Waals surface area (Å²) in [5.74, 6) is -0.963. The summed E-state index contributed by atoms with van der Waals surface area (Å²) in [6.07, 6.45) is 3.13. The fraction of sp³-hybridized carbons (Fsp3) is 0.571. The highest BCUT2D eigenvalue weighted by Crippen LogP contribution is 2.45. The fourth-order valence-corrected chi connectivity index (χ4v) is 3.84. The van der Waals surface area contributed by atoms with Gasteiger partial charge in [0.25, 0.3) is 0 Å². The van der Waals surface area contributed by atoms with E-state index in [9.17, 15) is 19.5 Å². The van der Waals surface area contributed by atoms with Gasteiger partial charge in [-0.1, -0.05) is 25.5 Å². The monoisotopic (exact) mass is 388 g/mol. The van der Waals surface area contributed by atoms with Gasteiger partial charge in [0.05, 0.1) is 24.5 Å². The number of carboxylic acids is 1. The maximum Gasteiger partial charge on any atom is 0.311 e. The van der Waals surface area contributed by atoms with E-state index in [1.165, 1.54) is 0 Å². The minimum atomic E-state index is -0.869. The van der Waals surface area contributed by atoms with Crippen molar-refractivity contribution in [1.82, 2.24) is 10.2 Å². The summed E-state index contributed by atoms with van der Waals surface area (Å²) >= 11 is 0. The molecule has 1 aliphatic carbocycles. The van der Waals surface area contributed by atoms with Crippen molar-refractivity contribution in [3.8, 4) is 5.75 Å². The van der Waals surface area contributed by atoms with Gasteiger partial charge in [-0.15, -0.1) is 0 Å². The normalized spacial score (nSPS) is 22.8. The minimum Gasteiger partial charge on any atom is -0.497 e. The Labute approximate surface area is 165 Å². The van der Waals surface area contributed by atoms with E-state index in [0.29, 0.717) is 25.1 Å². The number of hydrogen-bond donors (Lipinski definition) is 2. The van der Waals surface area contributed by atoms with E-state index in [1.807, 2.05) is 24.3 Å². The Morgan fingerprint density at radius 2 is 1.96 bits per heavy atom. The molecule has 1 saturated carbocycles. The SMILES string of the molecule is CCCCN1C(=O)CC(C(=O)NCC2(C(=O)O)CC2)C1c1ccc(OC)cc1. The number of amides is 2. The lowest BCUT2D eigenvalue weighted by Crippen LogP contribution is -2.40. The van der Waals surface area contributed by atoms with Gasteiger partial charge < -0.3 is 20.1 Å². The Morgan fingerprint density at radius 3 is 2.50 bits per heavy atom. The molecule has 1 heterocycles. The van der Waals surface area contributed by atoms with E-state index in [0.717, 1.165) is 18.4 Å². The summed E-state index contributed by atoms with van der Waals surface area (Å²) in [5.41, 5.74) is 0.0674. The molecule has 0 aromatic heterocycles. The Morgan fingerprint density at radius 1 is 1.29 bits per heavy atom. The molecule has 2 N–H and O–H groups in total. The van der Waals surface area contributed by atoms with Gasteiger partial charge in [-0.05, 0) is 37.0 Å². The topological polar surface area (TPSA) is 95.9 Å². The number of carbonyl (C=O) groups excluding carboxylic acids is 2. The Balaban J connectivity index is 1.79. The van der Waals surface area contributed by atoms with Crippen LogP contribution in [0, 0.1) is 11.3 Å². The fourth-order valence-electron chi connectivity index (χ4n) is 3.84. The molecule has 2 atom stereocenters. The maximum absolute atomic E-state index is 12.9. The number of nitrogens with one attached hydrogen (secondary N) is 1. The smallest absolute Gasteiger partial charge is 0.311 e. The van der Waals surface area contributed by atoms with Crippen molar-refractivity contribution < 1.29 is 24.2 Å². The number of nitrogens with zero attached hydrogens (tertiary/aromatic N) is 1. The lowest BCUT2D eigenvalue weighted by Gasteiger charge is -2.28. The zero-order chi connectivity index (χ0) is 20.3. The average molecular weight is 388 g/mol. The molecule has 1 aliphatic heterocycles. The van der Waals surface area contributed by atoms with E-state index >= 15 is 0 Å². The first-order chi connectivity index (χ1) is 13.4. The van der Waals surface area contributed by atoms with Crippen LogP contribution in [0.5, 0.6) is 5.75 Å². The van der Waals surface area contributed by atoms with E-state index in [4.69, 9.17) is 4.74 Å². The average Bonchev–Trinajstić information content (AvgIpc) is 3.42. The number of methoxy groups -OCH3 is 1. The number of carbonyl (C=O) groups is 3. The number of benzene rings is 1. The molecule has 0 bridgehead atoms. The lowest BCUT2D eigenvalue weighted by atomic mass is 9.92. The van der Waals surface area contributed by atoms with Gasteiger partial charge >= 0.3 is 5.97 Å². The van der Waals surface area contributed by atoms with Crippen molar-refractivity contribution in [2.24, 2.45) is 11.3 Å². The minimum absolute atomic E-state index is 0.0335. The molecule has 7 nitrogen and oxygen atoms in total. The van der Waals surface area contributed by atoms with Crippen LogP contribution in [0.4, 0.5) is 0 Å². The van der Waals surface area contributed by atoms with Crippen LogP contribution in [0.25, 0.3) is 0 Å². The van der Waals surface area contributed by atoms with Gasteiger partial charge in [0.1, 0.15) is 5.75 Å². The van der Waals surface area contributed by atoms with Gasteiger partial charge in [-0.25, -0.2) is 0 Å². The van der Waals surface area contributed by atoms with Crippen molar-refractivity contribution in [3.05, 3.63) is 29.8 Å². The first-order valence-corrected chi connectivity index (χ1v) is 9.86. The number of aliphatic carboxylic acids is 1. The molecule has 1 saturated heterocycles. The van der Waals surface area contributed by atoms with Crippen LogP contribution in [-0.4, -0.2) is 48.0 Å². The summed E-state index contributed by atoms with van der Waals surface area (Å²) in [4.78, 5) is 38.7. The number of likely N-dealkylation sites (tertiary alicyclic amines) is 1. The molecule has 3 rings (SSSR count).